The molecule has 5 heteroatoms. The van der Waals surface area contributed by atoms with Crippen molar-refractivity contribution in [1.82, 2.24) is 0 Å². The summed E-state index contributed by atoms with van der Waals surface area (Å²) in [5.41, 5.74) is 6.92. The van der Waals surface area contributed by atoms with E-state index in [0.29, 0.717) is 12.2 Å². The maximum atomic E-state index is 12.1. The van der Waals surface area contributed by atoms with Crippen LogP contribution in [0.25, 0.3) is 0 Å². The molecule has 4 N–H and O–H groups in total. The normalized spacial score (nSPS) is 17.6. The Hall–Kier alpha value is -1.75. The number of carbonyl (C=O) groups excluding carboxylic acids is 1. The first kappa shape index (κ1) is 17.6. The molecule has 1 aliphatic rings. The second kappa shape index (κ2) is 6.79. The molecule has 0 bridgehead atoms. The Morgan fingerprint density at radius 3 is 2.52 bits per heavy atom. The van der Waals surface area contributed by atoms with Crippen LogP contribution in [0, 0.1) is 0 Å². The fourth-order valence-electron chi connectivity index (χ4n) is 3.31. The van der Waals surface area contributed by atoms with E-state index in [9.17, 15) is 9.90 Å². The third-order valence-electron chi connectivity index (χ3n) is 4.41. The number of phenolic OH excluding ortho intramolecular Hbond substituents is 1. The highest BCUT2D eigenvalue weighted by atomic mass is 16.6. The monoisotopic (exact) mass is 320 g/mol. The molecule has 1 aromatic rings. The van der Waals surface area contributed by atoms with Gasteiger partial charge in [-0.3, -0.25) is 5.32 Å². The van der Waals surface area contributed by atoms with Gasteiger partial charge in [0.1, 0.15) is 11.4 Å². The van der Waals surface area contributed by atoms with Gasteiger partial charge in [0.15, 0.2) is 0 Å². The van der Waals surface area contributed by atoms with Crippen molar-refractivity contribution in [2.24, 2.45) is 5.73 Å². The Morgan fingerprint density at radius 2 is 1.96 bits per heavy atom. The van der Waals surface area contributed by atoms with Crippen LogP contribution < -0.4 is 11.1 Å². The Labute approximate surface area is 138 Å². The quantitative estimate of drug-likeness (QED) is 0.737. The predicted molar refractivity (Wildman–Crippen MR) is 91.8 cm³/mol. The Bertz CT molecular complexity index is 558. The van der Waals surface area contributed by atoms with Gasteiger partial charge in [0.25, 0.3) is 0 Å². The first-order valence-corrected chi connectivity index (χ1v) is 8.29. The predicted octanol–water partition coefficient (Wildman–Crippen LogP) is 3.90. The molecule has 1 saturated carbocycles. The molecule has 128 valence electrons. The van der Waals surface area contributed by atoms with Gasteiger partial charge in [0.2, 0.25) is 0 Å². The highest BCUT2D eigenvalue weighted by molar-refractivity contribution is 5.86. The van der Waals surface area contributed by atoms with Gasteiger partial charge in [-0.05, 0) is 57.4 Å². The van der Waals surface area contributed by atoms with E-state index < -0.39 is 11.7 Å². The van der Waals surface area contributed by atoms with Gasteiger partial charge in [0.05, 0.1) is 0 Å². The smallest absolute Gasteiger partial charge is 0.412 e. The largest absolute Gasteiger partial charge is 0.508 e. The minimum atomic E-state index is -0.558. The second-order valence-corrected chi connectivity index (χ2v) is 7.40. The van der Waals surface area contributed by atoms with Gasteiger partial charge in [-0.1, -0.05) is 19.3 Å². The third-order valence-corrected chi connectivity index (χ3v) is 4.41. The summed E-state index contributed by atoms with van der Waals surface area (Å²) in [4.78, 5) is 12.1. The zero-order valence-electron chi connectivity index (χ0n) is 14.3. The molecule has 0 saturated heterocycles. The first-order valence-electron chi connectivity index (χ1n) is 8.29. The number of hydrogen-bond donors (Lipinski definition) is 3. The van der Waals surface area contributed by atoms with Gasteiger partial charge in [0, 0.05) is 17.6 Å². The SMILES string of the molecule is CC(C)(C)OC(=O)Nc1ccc(O)cc1C1(CN)CCCCC1. The summed E-state index contributed by atoms with van der Waals surface area (Å²) >= 11 is 0. The van der Waals surface area contributed by atoms with Crippen LogP contribution in [0.3, 0.4) is 0 Å². The molecule has 0 atom stereocenters. The molecule has 1 amide bonds. The van der Waals surface area contributed by atoms with Gasteiger partial charge < -0.3 is 15.6 Å². The highest BCUT2D eigenvalue weighted by Gasteiger charge is 2.35. The summed E-state index contributed by atoms with van der Waals surface area (Å²) in [5.74, 6) is 0.188. The third kappa shape index (κ3) is 4.38. The number of nitrogens with one attached hydrogen (secondary N) is 1. The average molecular weight is 320 g/mol. The number of nitrogens with two attached hydrogens (primary N) is 1. The summed E-state index contributed by atoms with van der Waals surface area (Å²) in [5, 5.41) is 12.7. The lowest BCUT2D eigenvalue weighted by molar-refractivity contribution is 0.0635. The van der Waals surface area contributed by atoms with Crippen molar-refractivity contribution in [2.45, 2.75) is 63.9 Å². The van der Waals surface area contributed by atoms with E-state index in [4.69, 9.17) is 10.5 Å². The van der Waals surface area contributed by atoms with Crippen molar-refractivity contribution < 1.29 is 14.6 Å². The first-order chi connectivity index (χ1) is 10.8. The fraction of sp³-hybridized carbons (Fsp3) is 0.611. The highest BCUT2D eigenvalue weighted by Crippen LogP contribution is 2.43. The molecular formula is C18H28N2O3. The molecule has 0 spiro atoms. The van der Waals surface area contributed by atoms with Crippen LogP contribution in [0.5, 0.6) is 5.75 Å². The van der Waals surface area contributed by atoms with Crippen molar-refractivity contribution in [3.05, 3.63) is 23.8 Å². The fourth-order valence-corrected chi connectivity index (χ4v) is 3.31. The summed E-state index contributed by atoms with van der Waals surface area (Å²) in [6.07, 6.45) is 4.87. The molecule has 5 nitrogen and oxygen atoms in total. The molecule has 0 aliphatic heterocycles. The van der Waals surface area contributed by atoms with Crippen LogP contribution in [0.2, 0.25) is 0 Å². The number of anilines is 1. The summed E-state index contributed by atoms with van der Waals surface area (Å²) in [6, 6.07) is 5.02. The Kier molecular flexibility index (Phi) is 5.19. The van der Waals surface area contributed by atoms with Crippen LogP contribution in [0.4, 0.5) is 10.5 Å². The molecule has 0 radical (unpaired) electrons. The van der Waals surface area contributed by atoms with Crippen LogP contribution >= 0.6 is 0 Å². The zero-order chi connectivity index (χ0) is 17.1. The van der Waals surface area contributed by atoms with Crippen molar-refractivity contribution in [1.29, 1.82) is 0 Å². The van der Waals surface area contributed by atoms with E-state index in [-0.39, 0.29) is 11.2 Å². The van der Waals surface area contributed by atoms with Crippen molar-refractivity contribution in [3.8, 4) is 5.75 Å². The molecule has 1 aliphatic carbocycles. The second-order valence-electron chi connectivity index (χ2n) is 7.40. The van der Waals surface area contributed by atoms with Gasteiger partial charge in [-0.15, -0.1) is 0 Å². The molecule has 0 unspecified atom stereocenters. The van der Waals surface area contributed by atoms with Crippen molar-refractivity contribution in [3.63, 3.8) is 0 Å². The number of carbonyl (C=O) groups is 1. The number of amides is 1. The summed E-state index contributed by atoms with van der Waals surface area (Å²) in [6.45, 7) is 5.98. The molecule has 1 fully saturated rings. The molecular weight excluding hydrogens is 292 g/mol. The maximum absolute atomic E-state index is 12.1. The Balaban J connectivity index is 2.32. The minimum Gasteiger partial charge on any atom is -0.508 e. The van der Waals surface area contributed by atoms with Gasteiger partial charge in [-0.2, -0.15) is 0 Å². The van der Waals surface area contributed by atoms with Crippen LogP contribution in [-0.2, 0) is 10.2 Å². The Morgan fingerprint density at radius 1 is 1.30 bits per heavy atom. The number of ether oxygens (including phenoxy) is 1. The van der Waals surface area contributed by atoms with Crippen LogP contribution in [-0.4, -0.2) is 23.3 Å². The topological polar surface area (TPSA) is 84.6 Å². The lowest BCUT2D eigenvalue weighted by atomic mass is 9.69. The van der Waals surface area contributed by atoms with Crippen molar-refractivity contribution >= 4 is 11.8 Å². The van der Waals surface area contributed by atoms with Gasteiger partial charge in [-0.25, -0.2) is 4.79 Å². The van der Waals surface area contributed by atoms with E-state index in [2.05, 4.69) is 5.32 Å². The van der Waals surface area contributed by atoms with Gasteiger partial charge >= 0.3 is 6.09 Å². The maximum Gasteiger partial charge on any atom is 0.412 e. The number of rotatable bonds is 3. The summed E-state index contributed by atoms with van der Waals surface area (Å²) in [7, 11) is 0. The number of aromatic hydroxyl groups is 1. The standard InChI is InChI=1S/C18H28N2O3/c1-17(2,3)23-16(22)20-15-8-7-13(21)11-14(15)18(12-19)9-5-4-6-10-18/h7-8,11,21H,4-6,9-10,12,19H2,1-3H3,(H,20,22). The number of benzene rings is 1. The average Bonchev–Trinajstić information content (AvgIpc) is 2.48. The number of hydrogen-bond acceptors (Lipinski definition) is 4. The van der Waals surface area contributed by atoms with E-state index in [1.807, 2.05) is 20.8 Å². The minimum absolute atomic E-state index is 0.188. The molecule has 1 aromatic carbocycles. The van der Waals surface area contributed by atoms with E-state index in [1.165, 1.54) is 6.42 Å². The molecule has 0 aromatic heterocycles. The molecule has 23 heavy (non-hydrogen) atoms. The van der Waals surface area contributed by atoms with Crippen LogP contribution in [0.1, 0.15) is 58.4 Å². The molecule has 0 heterocycles. The van der Waals surface area contributed by atoms with E-state index in [1.54, 1.807) is 18.2 Å². The van der Waals surface area contributed by atoms with E-state index >= 15 is 0 Å². The lowest BCUT2D eigenvalue weighted by Gasteiger charge is -2.38. The zero-order valence-corrected chi connectivity index (χ0v) is 14.3. The lowest BCUT2D eigenvalue weighted by Crippen LogP contribution is -2.38. The van der Waals surface area contributed by atoms with Crippen molar-refractivity contribution in [2.75, 3.05) is 11.9 Å². The molecule has 2 rings (SSSR count). The van der Waals surface area contributed by atoms with Crippen LogP contribution in [0.15, 0.2) is 18.2 Å². The van der Waals surface area contributed by atoms with E-state index in [0.717, 1.165) is 31.2 Å². The number of phenols is 1. The summed E-state index contributed by atoms with van der Waals surface area (Å²) < 4.78 is 5.34.